The Balaban J connectivity index is 1.67. The standard InChI is InChI=1S/C15H17N5O4/c1-2-9-11(21)12(22)15(24-9)20-7-18-10-13(16-6-17-14(10)20)19-8-3-4-23-5-8/h1,6-9,11-12,15,21-22H,3-5H2,(H,16,17,19)/t8?,9-,11-,12-,15-/m1/s1. The zero-order valence-corrected chi connectivity index (χ0v) is 12.7. The van der Waals surface area contributed by atoms with Gasteiger partial charge in [0.2, 0.25) is 0 Å². The number of ether oxygens (including phenoxy) is 2. The van der Waals surface area contributed by atoms with Crippen molar-refractivity contribution in [1.82, 2.24) is 19.5 Å². The predicted octanol–water partition coefficient (Wildman–Crippen LogP) is -0.721. The van der Waals surface area contributed by atoms with Crippen molar-refractivity contribution in [2.24, 2.45) is 0 Å². The molecule has 2 fully saturated rings. The molecule has 0 aliphatic carbocycles. The second-order valence-corrected chi connectivity index (χ2v) is 5.85. The molecule has 4 rings (SSSR count). The van der Waals surface area contributed by atoms with Crippen LogP contribution >= 0.6 is 0 Å². The first-order chi connectivity index (χ1) is 11.7. The molecule has 0 saturated carbocycles. The van der Waals surface area contributed by atoms with E-state index in [1.165, 1.54) is 12.7 Å². The van der Waals surface area contributed by atoms with E-state index in [4.69, 9.17) is 15.9 Å². The van der Waals surface area contributed by atoms with E-state index in [1.54, 1.807) is 4.57 Å². The molecule has 2 aromatic rings. The molecule has 24 heavy (non-hydrogen) atoms. The van der Waals surface area contributed by atoms with Gasteiger partial charge in [0.05, 0.1) is 19.0 Å². The molecule has 0 amide bonds. The van der Waals surface area contributed by atoms with Gasteiger partial charge in [-0.3, -0.25) is 4.57 Å². The molecular weight excluding hydrogens is 314 g/mol. The summed E-state index contributed by atoms with van der Waals surface area (Å²) in [5, 5.41) is 23.4. The first kappa shape index (κ1) is 15.3. The highest BCUT2D eigenvalue weighted by Gasteiger charge is 2.43. The third kappa shape index (κ3) is 2.40. The molecule has 2 aliphatic heterocycles. The molecule has 2 saturated heterocycles. The fourth-order valence-corrected chi connectivity index (χ4v) is 3.01. The third-order valence-electron chi connectivity index (χ3n) is 4.31. The van der Waals surface area contributed by atoms with Crippen LogP contribution in [-0.4, -0.2) is 67.3 Å². The van der Waals surface area contributed by atoms with Gasteiger partial charge in [-0.15, -0.1) is 6.42 Å². The Morgan fingerprint density at radius 2 is 2.17 bits per heavy atom. The summed E-state index contributed by atoms with van der Waals surface area (Å²) in [4.78, 5) is 12.8. The third-order valence-corrected chi connectivity index (χ3v) is 4.31. The van der Waals surface area contributed by atoms with Crippen LogP contribution in [0.5, 0.6) is 0 Å². The van der Waals surface area contributed by atoms with Crippen LogP contribution in [0.1, 0.15) is 12.6 Å². The molecule has 0 bridgehead atoms. The minimum absolute atomic E-state index is 0.175. The van der Waals surface area contributed by atoms with Gasteiger partial charge in [0.15, 0.2) is 23.2 Å². The van der Waals surface area contributed by atoms with Gasteiger partial charge in [-0.25, -0.2) is 15.0 Å². The SMILES string of the molecule is C#C[C@H]1O[C@@H](n2cnc3c(NC4CCOC4)ncnc32)[C@H](O)[C@@H]1O. The molecule has 0 spiro atoms. The number of aliphatic hydroxyl groups excluding tert-OH is 2. The van der Waals surface area contributed by atoms with Crippen LogP contribution in [0, 0.1) is 12.3 Å². The van der Waals surface area contributed by atoms with Crippen LogP contribution in [0.15, 0.2) is 12.7 Å². The van der Waals surface area contributed by atoms with Crippen molar-refractivity contribution in [1.29, 1.82) is 0 Å². The summed E-state index contributed by atoms with van der Waals surface area (Å²) in [5.74, 6) is 2.91. The molecule has 2 aliphatic rings. The predicted molar refractivity (Wildman–Crippen MR) is 82.9 cm³/mol. The Bertz CT molecular complexity index is 782. The van der Waals surface area contributed by atoms with Gasteiger partial charge in [0.25, 0.3) is 0 Å². The van der Waals surface area contributed by atoms with E-state index in [2.05, 4.69) is 26.2 Å². The largest absolute Gasteiger partial charge is 0.386 e. The number of rotatable bonds is 3. The van der Waals surface area contributed by atoms with Gasteiger partial charge >= 0.3 is 0 Å². The lowest BCUT2D eigenvalue weighted by Gasteiger charge is -2.16. The Morgan fingerprint density at radius 3 is 2.88 bits per heavy atom. The maximum atomic E-state index is 10.2. The molecule has 126 valence electrons. The fraction of sp³-hybridized carbons (Fsp3) is 0.533. The molecule has 4 heterocycles. The number of aliphatic hydroxyl groups is 2. The number of imidazole rings is 1. The summed E-state index contributed by atoms with van der Waals surface area (Å²) in [6, 6.07) is 0.175. The smallest absolute Gasteiger partial charge is 0.167 e. The first-order valence-corrected chi connectivity index (χ1v) is 7.68. The number of fused-ring (bicyclic) bond motifs is 1. The highest BCUT2D eigenvalue weighted by molar-refractivity contribution is 5.82. The first-order valence-electron chi connectivity index (χ1n) is 7.68. The normalized spacial score (nSPS) is 33.0. The molecule has 5 atom stereocenters. The van der Waals surface area contributed by atoms with Gasteiger partial charge in [0.1, 0.15) is 24.6 Å². The van der Waals surface area contributed by atoms with Crippen molar-refractivity contribution in [2.75, 3.05) is 18.5 Å². The maximum absolute atomic E-state index is 10.2. The van der Waals surface area contributed by atoms with Gasteiger partial charge < -0.3 is 25.0 Å². The molecule has 3 N–H and O–H groups in total. The van der Waals surface area contributed by atoms with Crippen molar-refractivity contribution in [2.45, 2.75) is 37.0 Å². The quantitative estimate of drug-likeness (QED) is 0.631. The number of nitrogens with one attached hydrogen (secondary N) is 1. The Labute approximate surface area is 137 Å². The number of aromatic nitrogens is 4. The number of nitrogens with zero attached hydrogens (tertiary/aromatic N) is 4. The van der Waals surface area contributed by atoms with Gasteiger partial charge in [-0.2, -0.15) is 0 Å². The fourth-order valence-electron chi connectivity index (χ4n) is 3.01. The number of anilines is 1. The Morgan fingerprint density at radius 1 is 1.29 bits per heavy atom. The molecule has 9 nitrogen and oxygen atoms in total. The van der Waals surface area contributed by atoms with E-state index in [-0.39, 0.29) is 6.04 Å². The lowest BCUT2D eigenvalue weighted by molar-refractivity contribution is -0.0230. The summed E-state index contributed by atoms with van der Waals surface area (Å²) in [7, 11) is 0. The van der Waals surface area contributed by atoms with Gasteiger partial charge in [-0.05, 0) is 6.42 Å². The lowest BCUT2D eigenvalue weighted by atomic mass is 10.1. The van der Waals surface area contributed by atoms with E-state index in [1.807, 2.05) is 0 Å². The minimum Gasteiger partial charge on any atom is -0.386 e. The summed E-state index contributed by atoms with van der Waals surface area (Å²) in [6.07, 6.45) is 5.05. The maximum Gasteiger partial charge on any atom is 0.167 e. The number of terminal acetylenes is 1. The number of hydrogen-bond acceptors (Lipinski definition) is 8. The second-order valence-electron chi connectivity index (χ2n) is 5.85. The highest BCUT2D eigenvalue weighted by atomic mass is 16.6. The van der Waals surface area contributed by atoms with Gasteiger partial charge in [0, 0.05) is 6.61 Å². The van der Waals surface area contributed by atoms with Crippen LogP contribution in [0.3, 0.4) is 0 Å². The van der Waals surface area contributed by atoms with Crippen LogP contribution in [0.2, 0.25) is 0 Å². The van der Waals surface area contributed by atoms with Gasteiger partial charge in [-0.1, -0.05) is 5.92 Å². The van der Waals surface area contributed by atoms with Crippen LogP contribution in [-0.2, 0) is 9.47 Å². The van der Waals surface area contributed by atoms with E-state index in [9.17, 15) is 10.2 Å². The van der Waals surface area contributed by atoms with E-state index in [0.717, 1.165) is 6.42 Å². The minimum atomic E-state index is -1.17. The molecular formula is C15H17N5O4. The zero-order valence-electron chi connectivity index (χ0n) is 12.7. The topological polar surface area (TPSA) is 115 Å². The van der Waals surface area contributed by atoms with Crippen LogP contribution in [0.25, 0.3) is 11.2 Å². The average Bonchev–Trinajstić information content (AvgIpc) is 3.30. The average molecular weight is 331 g/mol. The Hall–Kier alpha value is -2.25. The lowest BCUT2D eigenvalue weighted by Crippen LogP contribution is -2.30. The van der Waals surface area contributed by atoms with E-state index in [0.29, 0.717) is 30.2 Å². The zero-order chi connectivity index (χ0) is 16.7. The van der Waals surface area contributed by atoms with E-state index < -0.39 is 24.5 Å². The summed E-state index contributed by atoms with van der Waals surface area (Å²) in [6.45, 7) is 1.33. The molecule has 1 unspecified atom stereocenters. The van der Waals surface area contributed by atoms with Crippen molar-refractivity contribution in [3.05, 3.63) is 12.7 Å². The summed E-state index contributed by atoms with van der Waals surface area (Å²) in [5.41, 5.74) is 1.04. The van der Waals surface area contributed by atoms with Crippen LogP contribution < -0.4 is 5.32 Å². The van der Waals surface area contributed by atoms with Crippen LogP contribution in [0.4, 0.5) is 5.82 Å². The highest BCUT2D eigenvalue weighted by Crippen LogP contribution is 2.32. The van der Waals surface area contributed by atoms with Crippen molar-refractivity contribution in [3.63, 3.8) is 0 Å². The molecule has 9 heteroatoms. The monoisotopic (exact) mass is 331 g/mol. The molecule has 0 aromatic carbocycles. The summed E-state index contributed by atoms with van der Waals surface area (Å²) >= 11 is 0. The van der Waals surface area contributed by atoms with E-state index >= 15 is 0 Å². The summed E-state index contributed by atoms with van der Waals surface area (Å²) < 4.78 is 12.4. The van der Waals surface area contributed by atoms with Crippen molar-refractivity contribution >= 4 is 17.0 Å². The van der Waals surface area contributed by atoms with Crippen molar-refractivity contribution < 1.29 is 19.7 Å². The number of hydrogen-bond donors (Lipinski definition) is 3. The van der Waals surface area contributed by atoms with Crippen molar-refractivity contribution in [3.8, 4) is 12.3 Å². The second kappa shape index (κ2) is 5.99. The Kier molecular flexibility index (Phi) is 3.82. The molecule has 2 aromatic heterocycles. The molecule has 0 radical (unpaired) electrons.